The predicted octanol–water partition coefficient (Wildman–Crippen LogP) is 11.4. The minimum absolute atomic E-state index is 0.406. The number of hydrogen-bond donors (Lipinski definition) is 0. The van der Waals surface area contributed by atoms with E-state index in [1.807, 2.05) is 54.6 Å². The van der Waals surface area contributed by atoms with E-state index in [9.17, 15) is 0 Å². The highest BCUT2D eigenvalue weighted by molar-refractivity contribution is 5.79. The van der Waals surface area contributed by atoms with Gasteiger partial charge in [-0.2, -0.15) is 0 Å². The van der Waals surface area contributed by atoms with Crippen LogP contribution in [0.2, 0.25) is 0 Å². The van der Waals surface area contributed by atoms with E-state index < -0.39 is 17.4 Å². The minimum Gasteiger partial charge on any atom is -0.239 e. The van der Waals surface area contributed by atoms with Gasteiger partial charge in [-0.05, 0) is 29.5 Å². The summed E-state index contributed by atoms with van der Waals surface area (Å²) in [6, 6.07) is 18.0. The second kappa shape index (κ2) is 15.1. The molecule has 0 fully saturated rings. The van der Waals surface area contributed by atoms with Gasteiger partial charge in [-0.1, -0.05) is 158 Å². The Bertz CT molecular complexity index is 923. The molecular formula is C34H46F2. The van der Waals surface area contributed by atoms with Gasteiger partial charge < -0.3 is 0 Å². The average Bonchev–Trinajstić information content (AvgIpc) is 2.92. The Morgan fingerprint density at radius 1 is 0.611 bits per heavy atom. The van der Waals surface area contributed by atoms with Crippen LogP contribution in [0.25, 0.3) is 16.7 Å². The molecule has 1 atom stereocenters. The van der Waals surface area contributed by atoms with Crippen molar-refractivity contribution < 1.29 is 8.78 Å². The van der Waals surface area contributed by atoms with Gasteiger partial charge in [0, 0.05) is 11.0 Å². The molecule has 0 saturated carbocycles. The predicted molar refractivity (Wildman–Crippen MR) is 152 cm³/mol. The Morgan fingerprint density at radius 2 is 1.08 bits per heavy atom. The van der Waals surface area contributed by atoms with E-state index in [1.54, 1.807) is 0 Å². The van der Waals surface area contributed by atoms with Gasteiger partial charge in [0.1, 0.15) is 5.83 Å². The molecule has 0 N–H and O–H groups in total. The second-order valence-electron chi connectivity index (χ2n) is 10.7. The van der Waals surface area contributed by atoms with E-state index in [-0.39, 0.29) is 0 Å². The van der Waals surface area contributed by atoms with Gasteiger partial charge in [0.2, 0.25) is 0 Å². The lowest BCUT2D eigenvalue weighted by Gasteiger charge is -2.37. The first-order chi connectivity index (χ1) is 17.6. The fraction of sp³-hybridized carbons (Fsp3) is 0.529. The Hall–Kier alpha value is -2.22. The summed E-state index contributed by atoms with van der Waals surface area (Å²) in [4.78, 5) is 0. The van der Waals surface area contributed by atoms with Crippen LogP contribution < -0.4 is 0 Å². The lowest BCUT2D eigenvalue weighted by atomic mass is 9.70. The molecule has 2 aromatic carbocycles. The van der Waals surface area contributed by atoms with Crippen LogP contribution >= 0.6 is 0 Å². The van der Waals surface area contributed by atoms with Crippen LogP contribution in [0.5, 0.6) is 0 Å². The molecule has 36 heavy (non-hydrogen) atoms. The van der Waals surface area contributed by atoms with Gasteiger partial charge in [0.15, 0.2) is 6.17 Å². The highest BCUT2D eigenvalue weighted by atomic mass is 19.2. The summed E-state index contributed by atoms with van der Waals surface area (Å²) in [5.74, 6) is -0.582. The molecule has 0 aromatic heterocycles. The first kappa shape index (κ1) is 28.4. The number of hydrogen-bond acceptors (Lipinski definition) is 0. The number of rotatable bonds is 16. The first-order valence-electron chi connectivity index (χ1n) is 14.5. The summed E-state index contributed by atoms with van der Waals surface area (Å²) in [7, 11) is 0. The van der Waals surface area contributed by atoms with Crippen molar-refractivity contribution in [1.29, 1.82) is 0 Å². The van der Waals surface area contributed by atoms with Gasteiger partial charge in [-0.25, -0.2) is 8.78 Å². The Morgan fingerprint density at radius 3 is 1.64 bits per heavy atom. The summed E-state index contributed by atoms with van der Waals surface area (Å²) in [6.45, 7) is 4.44. The van der Waals surface area contributed by atoms with Gasteiger partial charge >= 0.3 is 0 Å². The summed E-state index contributed by atoms with van der Waals surface area (Å²) < 4.78 is 31.6. The van der Waals surface area contributed by atoms with Crippen LogP contribution in [0, 0.1) is 5.41 Å². The van der Waals surface area contributed by atoms with Gasteiger partial charge in [-0.15, -0.1) is 0 Å². The minimum atomic E-state index is -1.56. The van der Waals surface area contributed by atoms with Crippen molar-refractivity contribution in [1.82, 2.24) is 0 Å². The maximum atomic E-state index is 16.0. The fourth-order valence-electron chi connectivity index (χ4n) is 5.52. The monoisotopic (exact) mass is 492 g/mol. The molecule has 0 radical (unpaired) electrons. The molecule has 0 saturated heterocycles. The maximum absolute atomic E-state index is 16.0. The van der Waals surface area contributed by atoms with Crippen LogP contribution in [-0.4, -0.2) is 6.17 Å². The van der Waals surface area contributed by atoms with E-state index in [4.69, 9.17) is 0 Å². The Labute approximate surface area is 218 Å². The molecule has 0 heterocycles. The number of alkyl halides is 1. The molecule has 0 bridgehead atoms. The van der Waals surface area contributed by atoms with Crippen LogP contribution in [-0.2, 0) is 0 Å². The van der Waals surface area contributed by atoms with E-state index in [1.165, 1.54) is 51.4 Å². The van der Waals surface area contributed by atoms with Gasteiger partial charge in [-0.3, -0.25) is 0 Å². The molecule has 0 spiro atoms. The smallest absolute Gasteiger partial charge is 0.161 e. The zero-order valence-electron chi connectivity index (χ0n) is 22.6. The van der Waals surface area contributed by atoms with E-state index in [0.717, 1.165) is 55.2 Å². The summed E-state index contributed by atoms with van der Waals surface area (Å²) in [6.07, 6.45) is 17.8. The lowest BCUT2D eigenvalue weighted by molar-refractivity contribution is 0.131. The normalized spacial score (nSPS) is 17.1. The standard InChI is InChI=1S/C34H46F2/c1-3-5-7-9-11-16-25-34(26-17-12-10-8-6-4-2)27-24-31(32(35)33(34)36)30-22-20-29(21-23-30)28-18-14-13-15-19-28/h13-15,18-24,27,33H,3-12,16-17,25-26H2,1-2H3. The second-order valence-corrected chi connectivity index (χ2v) is 10.7. The highest BCUT2D eigenvalue weighted by Crippen LogP contribution is 2.47. The van der Waals surface area contributed by atoms with Crippen LogP contribution in [0.4, 0.5) is 8.78 Å². The number of halogens is 2. The van der Waals surface area contributed by atoms with Crippen LogP contribution in [0.15, 0.2) is 72.6 Å². The molecule has 196 valence electrons. The SMILES string of the molecule is CCCCCCCCC1(CCCCCCCC)C=CC(c2ccc(-c3ccccc3)cc2)=C(F)C1F. The van der Waals surface area contributed by atoms with Crippen molar-refractivity contribution >= 4 is 5.57 Å². The molecule has 0 nitrogen and oxygen atoms in total. The van der Waals surface area contributed by atoms with E-state index in [2.05, 4.69) is 26.0 Å². The number of unbranched alkanes of at least 4 members (excludes halogenated alkanes) is 10. The zero-order chi connectivity index (χ0) is 25.6. The summed E-state index contributed by atoms with van der Waals surface area (Å²) >= 11 is 0. The third-order valence-electron chi connectivity index (χ3n) is 7.86. The van der Waals surface area contributed by atoms with Crippen molar-refractivity contribution in [3.05, 3.63) is 78.1 Å². The molecular weight excluding hydrogens is 446 g/mol. The number of allylic oxidation sites excluding steroid dienone is 4. The van der Waals surface area contributed by atoms with Crippen molar-refractivity contribution in [2.75, 3.05) is 0 Å². The maximum Gasteiger partial charge on any atom is 0.161 e. The third kappa shape index (κ3) is 7.89. The molecule has 1 aliphatic carbocycles. The lowest BCUT2D eigenvalue weighted by Crippen LogP contribution is -2.33. The largest absolute Gasteiger partial charge is 0.239 e. The summed E-state index contributed by atoms with van der Waals surface area (Å²) in [5.41, 5.74) is 2.66. The average molecular weight is 493 g/mol. The molecule has 0 amide bonds. The van der Waals surface area contributed by atoms with Crippen LogP contribution in [0.3, 0.4) is 0 Å². The van der Waals surface area contributed by atoms with E-state index in [0.29, 0.717) is 5.57 Å². The topological polar surface area (TPSA) is 0 Å². The third-order valence-corrected chi connectivity index (χ3v) is 7.86. The Kier molecular flexibility index (Phi) is 11.9. The van der Waals surface area contributed by atoms with Gasteiger partial charge in [0.05, 0.1) is 0 Å². The van der Waals surface area contributed by atoms with Crippen molar-refractivity contribution in [2.45, 2.75) is 110 Å². The first-order valence-corrected chi connectivity index (χ1v) is 14.5. The molecule has 3 rings (SSSR count). The Balaban J connectivity index is 1.70. The molecule has 2 aromatic rings. The fourth-order valence-corrected chi connectivity index (χ4v) is 5.52. The highest BCUT2D eigenvalue weighted by Gasteiger charge is 2.42. The quantitative estimate of drug-likeness (QED) is 0.204. The van der Waals surface area contributed by atoms with Crippen molar-refractivity contribution in [3.63, 3.8) is 0 Å². The van der Waals surface area contributed by atoms with Crippen LogP contribution in [0.1, 0.15) is 109 Å². The number of benzene rings is 2. The summed E-state index contributed by atoms with van der Waals surface area (Å²) in [5, 5.41) is 0. The van der Waals surface area contributed by atoms with E-state index >= 15 is 8.78 Å². The van der Waals surface area contributed by atoms with Crippen molar-refractivity contribution in [3.8, 4) is 11.1 Å². The zero-order valence-corrected chi connectivity index (χ0v) is 22.6. The molecule has 0 aliphatic heterocycles. The van der Waals surface area contributed by atoms with Crippen molar-refractivity contribution in [2.24, 2.45) is 5.41 Å². The molecule has 1 aliphatic rings. The molecule has 2 heteroatoms. The molecule has 1 unspecified atom stereocenters. The van der Waals surface area contributed by atoms with Gasteiger partial charge in [0.25, 0.3) is 0 Å².